The van der Waals surface area contributed by atoms with Gasteiger partial charge in [0, 0.05) is 32.7 Å². The molecular weight excluding hydrogens is 216 g/mol. The van der Waals surface area contributed by atoms with E-state index in [0.29, 0.717) is 0 Å². The minimum Gasteiger partial charge on any atom is -0.342 e. The van der Waals surface area contributed by atoms with Gasteiger partial charge in [-0.15, -0.1) is 0 Å². The van der Waals surface area contributed by atoms with Crippen LogP contribution < -0.4 is 10.6 Å². The van der Waals surface area contributed by atoms with E-state index in [9.17, 15) is 4.79 Å². The highest BCUT2D eigenvalue weighted by atomic mass is 16.2. The summed E-state index contributed by atoms with van der Waals surface area (Å²) in [5, 5.41) is 6.52. The van der Waals surface area contributed by atoms with E-state index in [2.05, 4.69) is 29.6 Å². The molecule has 1 amide bonds. The van der Waals surface area contributed by atoms with Gasteiger partial charge in [-0.1, -0.05) is 0 Å². The molecular formula is C12H26N4O. The number of rotatable bonds is 6. The Morgan fingerprint density at radius 3 is 2.59 bits per heavy atom. The molecule has 0 aliphatic carbocycles. The van der Waals surface area contributed by atoms with Gasteiger partial charge in [-0.2, -0.15) is 0 Å². The Kier molecular flexibility index (Phi) is 6.47. The molecule has 0 radical (unpaired) electrons. The summed E-state index contributed by atoms with van der Waals surface area (Å²) in [7, 11) is 4.12. The van der Waals surface area contributed by atoms with Crippen molar-refractivity contribution in [3.8, 4) is 0 Å². The average molecular weight is 242 g/mol. The highest BCUT2D eigenvalue weighted by molar-refractivity contribution is 5.82. The van der Waals surface area contributed by atoms with Gasteiger partial charge in [0.05, 0.1) is 6.04 Å². The van der Waals surface area contributed by atoms with Crippen LogP contribution in [0.15, 0.2) is 0 Å². The third-order valence-electron chi connectivity index (χ3n) is 3.07. The van der Waals surface area contributed by atoms with Gasteiger partial charge in [-0.05, 0) is 34.0 Å². The van der Waals surface area contributed by atoms with Crippen LogP contribution >= 0.6 is 0 Å². The van der Waals surface area contributed by atoms with E-state index in [1.54, 1.807) is 0 Å². The van der Waals surface area contributed by atoms with E-state index >= 15 is 0 Å². The monoisotopic (exact) mass is 242 g/mol. The van der Waals surface area contributed by atoms with E-state index in [1.165, 1.54) is 0 Å². The zero-order valence-corrected chi connectivity index (χ0v) is 11.3. The quantitative estimate of drug-likeness (QED) is 0.650. The van der Waals surface area contributed by atoms with Gasteiger partial charge in [-0.25, -0.2) is 0 Å². The lowest BCUT2D eigenvalue weighted by Crippen LogP contribution is -2.56. The number of amides is 1. The normalized spacial score (nSPS) is 20.6. The molecule has 0 aromatic carbocycles. The van der Waals surface area contributed by atoms with Crippen molar-refractivity contribution in [2.75, 3.05) is 53.4 Å². The van der Waals surface area contributed by atoms with Crippen molar-refractivity contribution in [1.82, 2.24) is 20.4 Å². The first-order chi connectivity index (χ1) is 8.15. The Labute approximate surface area is 105 Å². The standard InChI is InChI=1S/C12H26N4O/c1-4-16(9-5-8-15(2)3)12(17)11-10-13-6-7-14-11/h11,13-14H,4-10H2,1-3H3. The molecule has 17 heavy (non-hydrogen) atoms. The second kappa shape index (κ2) is 7.63. The molecule has 5 nitrogen and oxygen atoms in total. The van der Waals surface area contributed by atoms with Gasteiger partial charge in [0.2, 0.25) is 5.91 Å². The van der Waals surface area contributed by atoms with Crippen LogP contribution in [-0.4, -0.2) is 75.1 Å². The lowest BCUT2D eigenvalue weighted by Gasteiger charge is -2.30. The number of carbonyl (C=O) groups is 1. The van der Waals surface area contributed by atoms with E-state index in [4.69, 9.17) is 0 Å². The molecule has 0 aromatic heterocycles. The molecule has 1 rings (SSSR count). The van der Waals surface area contributed by atoms with Crippen LogP contribution in [-0.2, 0) is 4.79 Å². The molecule has 1 unspecified atom stereocenters. The molecule has 0 saturated carbocycles. The Morgan fingerprint density at radius 1 is 1.29 bits per heavy atom. The van der Waals surface area contributed by atoms with E-state index in [1.807, 2.05) is 11.8 Å². The molecule has 5 heteroatoms. The topological polar surface area (TPSA) is 47.6 Å². The first-order valence-corrected chi connectivity index (χ1v) is 6.52. The van der Waals surface area contributed by atoms with Gasteiger partial charge in [0.1, 0.15) is 0 Å². The third-order valence-corrected chi connectivity index (χ3v) is 3.07. The molecule has 0 aromatic rings. The number of likely N-dealkylation sites (N-methyl/N-ethyl adjacent to an activating group) is 1. The second-order valence-corrected chi connectivity index (χ2v) is 4.79. The largest absolute Gasteiger partial charge is 0.342 e. The number of hydrogen-bond donors (Lipinski definition) is 2. The summed E-state index contributed by atoms with van der Waals surface area (Å²) >= 11 is 0. The van der Waals surface area contributed by atoms with Crippen molar-refractivity contribution in [3.05, 3.63) is 0 Å². The zero-order chi connectivity index (χ0) is 12.7. The first-order valence-electron chi connectivity index (χ1n) is 6.52. The highest BCUT2D eigenvalue weighted by Crippen LogP contribution is 1.99. The maximum absolute atomic E-state index is 12.2. The maximum atomic E-state index is 12.2. The Hall–Kier alpha value is -0.650. The lowest BCUT2D eigenvalue weighted by molar-refractivity contribution is -0.133. The Balaban J connectivity index is 2.34. The summed E-state index contributed by atoms with van der Waals surface area (Å²) in [6, 6.07) is -0.0388. The number of nitrogens with zero attached hydrogens (tertiary/aromatic N) is 2. The van der Waals surface area contributed by atoms with Crippen molar-refractivity contribution in [1.29, 1.82) is 0 Å². The van der Waals surface area contributed by atoms with Crippen molar-refractivity contribution >= 4 is 5.91 Å². The molecule has 1 aliphatic heterocycles. The summed E-state index contributed by atoms with van der Waals surface area (Å²) in [5.74, 6) is 0.235. The van der Waals surface area contributed by atoms with Crippen LogP contribution in [0.4, 0.5) is 0 Å². The highest BCUT2D eigenvalue weighted by Gasteiger charge is 2.24. The van der Waals surface area contributed by atoms with Crippen LogP contribution in [0.3, 0.4) is 0 Å². The summed E-state index contributed by atoms with van der Waals surface area (Å²) in [6.07, 6.45) is 1.03. The molecule has 100 valence electrons. The molecule has 1 heterocycles. The van der Waals surface area contributed by atoms with Crippen LogP contribution in [0, 0.1) is 0 Å². The van der Waals surface area contributed by atoms with Gasteiger partial charge < -0.3 is 20.4 Å². The number of nitrogens with one attached hydrogen (secondary N) is 2. The third kappa shape index (κ3) is 5.02. The van der Waals surface area contributed by atoms with Crippen LogP contribution in [0.5, 0.6) is 0 Å². The minimum atomic E-state index is -0.0388. The SMILES string of the molecule is CCN(CCCN(C)C)C(=O)C1CNCCN1. The fourth-order valence-corrected chi connectivity index (χ4v) is 2.05. The molecule has 1 aliphatic rings. The van der Waals surface area contributed by atoms with Crippen molar-refractivity contribution in [3.63, 3.8) is 0 Å². The molecule has 1 fully saturated rings. The summed E-state index contributed by atoms with van der Waals surface area (Å²) in [4.78, 5) is 16.3. The Morgan fingerprint density at radius 2 is 2.06 bits per heavy atom. The summed E-state index contributed by atoms with van der Waals surface area (Å²) < 4.78 is 0. The van der Waals surface area contributed by atoms with Crippen LogP contribution in [0.1, 0.15) is 13.3 Å². The minimum absolute atomic E-state index is 0.0388. The molecule has 0 bridgehead atoms. The van der Waals surface area contributed by atoms with Gasteiger partial charge in [0.25, 0.3) is 0 Å². The van der Waals surface area contributed by atoms with Crippen molar-refractivity contribution in [2.24, 2.45) is 0 Å². The second-order valence-electron chi connectivity index (χ2n) is 4.79. The fraction of sp³-hybridized carbons (Fsp3) is 0.917. The molecule has 2 N–H and O–H groups in total. The van der Waals surface area contributed by atoms with Crippen molar-refractivity contribution < 1.29 is 4.79 Å². The maximum Gasteiger partial charge on any atom is 0.241 e. The Bertz CT molecular complexity index is 227. The van der Waals surface area contributed by atoms with Gasteiger partial charge in [-0.3, -0.25) is 4.79 Å². The van der Waals surface area contributed by atoms with E-state index in [-0.39, 0.29) is 11.9 Å². The molecule has 1 atom stereocenters. The first kappa shape index (κ1) is 14.4. The zero-order valence-electron chi connectivity index (χ0n) is 11.3. The van der Waals surface area contributed by atoms with Crippen molar-refractivity contribution in [2.45, 2.75) is 19.4 Å². The lowest BCUT2D eigenvalue weighted by atomic mass is 10.2. The number of hydrogen-bond acceptors (Lipinski definition) is 4. The van der Waals surface area contributed by atoms with Crippen LogP contribution in [0.2, 0.25) is 0 Å². The van der Waals surface area contributed by atoms with Gasteiger partial charge >= 0.3 is 0 Å². The predicted octanol–water partition coefficient (Wildman–Crippen LogP) is -0.652. The molecule has 1 saturated heterocycles. The predicted molar refractivity (Wildman–Crippen MR) is 70.1 cm³/mol. The summed E-state index contributed by atoms with van der Waals surface area (Å²) in [6.45, 7) is 7.31. The average Bonchev–Trinajstić information content (AvgIpc) is 2.34. The van der Waals surface area contributed by atoms with Crippen LogP contribution in [0.25, 0.3) is 0 Å². The van der Waals surface area contributed by atoms with E-state index < -0.39 is 0 Å². The van der Waals surface area contributed by atoms with Gasteiger partial charge in [0.15, 0.2) is 0 Å². The summed E-state index contributed by atoms with van der Waals surface area (Å²) in [5.41, 5.74) is 0. The smallest absolute Gasteiger partial charge is 0.241 e. The molecule has 0 spiro atoms. The fourth-order valence-electron chi connectivity index (χ4n) is 2.05. The number of piperazine rings is 1. The van der Waals surface area contributed by atoms with E-state index in [0.717, 1.165) is 45.7 Å². The number of carbonyl (C=O) groups excluding carboxylic acids is 1.